The number of rotatable bonds is 4. The summed E-state index contributed by atoms with van der Waals surface area (Å²) in [6, 6.07) is 6.65. The van der Waals surface area contributed by atoms with Crippen LogP contribution in [-0.2, 0) is 6.11 Å². The zero-order valence-corrected chi connectivity index (χ0v) is 15.7. The van der Waals surface area contributed by atoms with Gasteiger partial charge in [0.05, 0.1) is 11.3 Å². The first-order chi connectivity index (χ1) is 13.7. The van der Waals surface area contributed by atoms with Gasteiger partial charge in [0, 0.05) is 23.9 Å². The van der Waals surface area contributed by atoms with E-state index in [2.05, 4.69) is 9.72 Å². The van der Waals surface area contributed by atoms with Crippen LogP contribution in [0.15, 0.2) is 48.7 Å². The molecule has 1 heterocycles. The SMILES string of the molecule is CC.Cc1ccc(-c2ccc(C(F)(F)Oc3cc(F)c(F)c(F)c3)c(F)c2)nc1. The monoisotopic (exact) mass is 413 g/mol. The Balaban J connectivity index is 0.00000145. The van der Waals surface area contributed by atoms with Crippen molar-refractivity contribution in [1.29, 1.82) is 0 Å². The van der Waals surface area contributed by atoms with E-state index in [1.807, 2.05) is 13.8 Å². The van der Waals surface area contributed by atoms with Crippen LogP contribution in [0.25, 0.3) is 11.3 Å². The number of pyridine rings is 1. The van der Waals surface area contributed by atoms with E-state index in [1.165, 1.54) is 12.3 Å². The van der Waals surface area contributed by atoms with Gasteiger partial charge in [-0.25, -0.2) is 17.6 Å². The molecule has 0 amide bonds. The third-order valence-corrected chi connectivity index (χ3v) is 3.69. The quantitative estimate of drug-likeness (QED) is 0.348. The predicted octanol–water partition coefficient (Wildman–Crippen LogP) is 6.77. The van der Waals surface area contributed by atoms with Crippen molar-refractivity contribution in [3.8, 4) is 17.0 Å². The molecule has 0 fully saturated rings. The second kappa shape index (κ2) is 8.98. The van der Waals surface area contributed by atoms with Crippen LogP contribution in [0.1, 0.15) is 25.0 Å². The molecule has 0 aliphatic heterocycles. The van der Waals surface area contributed by atoms with Crippen molar-refractivity contribution in [3.05, 3.63) is 83.1 Å². The number of ether oxygens (including phenoxy) is 1. The lowest BCUT2D eigenvalue weighted by Crippen LogP contribution is -2.23. The molecule has 154 valence electrons. The Hall–Kier alpha value is -3.03. The van der Waals surface area contributed by atoms with E-state index in [9.17, 15) is 26.3 Å². The lowest BCUT2D eigenvalue weighted by Gasteiger charge is -2.19. The van der Waals surface area contributed by atoms with E-state index in [0.717, 1.165) is 17.7 Å². The molecule has 0 saturated carbocycles. The number of aromatic nitrogens is 1. The van der Waals surface area contributed by atoms with Crippen LogP contribution in [0.2, 0.25) is 0 Å². The minimum atomic E-state index is -4.25. The molecular formula is C21H17F6NO. The normalized spacial score (nSPS) is 10.9. The van der Waals surface area contributed by atoms with E-state index in [-0.39, 0.29) is 17.7 Å². The molecule has 0 saturated heterocycles. The molecule has 3 aromatic rings. The highest BCUT2D eigenvalue weighted by Crippen LogP contribution is 2.35. The van der Waals surface area contributed by atoms with Crippen LogP contribution in [0.4, 0.5) is 26.3 Å². The molecule has 0 spiro atoms. The highest BCUT2D eigenvalue weighted by atomic mass is 19.3. The third kappa shape index (κ3) is 5.07. The fraction of sp³-hybridized carbons (Fsp3) is 0.190. The second-order valence-electron chi connectivity index (χ2n) is 5.74. The molecular weight excluding hydrogens is 396 g/mol. The smallest absolute Gasteiger partial charge is 0.429 e. The standard InChI is InChI=1S/C19H11F6NO.C2H6/c1-10-2-5-17(26-9-10)11-3-4-13(14(20)6-11)19(24,25)27-12-7-15(21)18(23)16(22)8-12;1-2/h2-9H,1H3;1-2H3. The molecule has 2 aromatic carbocycles. The van der Waals surface area contributed by atoms with Gasteiger partial charge >= 0.3 is 6.11 Å². The first-order valence-electron chi connectivity index (χ1n) is 8.62. The van der Waals surface area contributed by atoms with Gasteiger partial charge < -0.3 is 4.74 Å². The Morgan fingerprint density at radius 2 is 1.45 bits per heavy atom. The average molecular weight is 413 g/mol. The van der Waals surface area contributed by atoms with E-state index in [0.29, 0.717) is 5.69 Å². The molecule has 0 radical (unpaired) electrons. The topological polar surface area (TPSA) is 22.1 Å². The van der Waals surface area contributed by atoms with Crippen molar-refractivity contribution in [1.82, 2.24) is 4.98 Å². The Morgan fingerprint density at radius 3 is 1.97 bits per heavy atom. The van der Waals surface area contributed by atoms with Gasteiger partial charge in [-0.05, 0) is 30.7 Å². The van der Waals surface area contributed by atoms with Gasteiger partial charge in [-0.15, -0.1) is 0 Å². The summed E-state index contributed by atoms with van der Waals surface area (Å²) in [5.74, 6) is -7.53. The summed E-state index contributed by atoms with van der Waals surface area (Å²) >= 11 is 0. The summed E-state index contributed by atoms with van der Waals surface area (Å²) in [6.07, 6.45) is -2.71. The van der Waals surface area contributed by atoms with Gasteiger partial charge in [0.25, 0.3) is 0 Å². The maximum absolute atomic E-state index is 14.2. The Kier molecular flexibility index (Phi) is 6.89. The Morgan fingerprint density at radius 1 is 0.828 bits per heavy atom. The number of halogens is 6. The van der Waals surface area contributed by atoms with Crippen LogP contribution < -0.4 is 4.74 Å². The zero-order chi connectivity index (χ0) is 21.8. The molecule has 0 N–H and O–H groups in total. The van der Waals surface area contributed by atoms with Gasteiger partial charge in [-0.3, -0.25) is 4.98 Å². The molecule has 0 aliphatic rings. The molecule has 2 nitrogen and oxygen atoms in total. The molecule has 1 aromatic heterocycles. The van der Waals surface area contributed by atoms with Crippen LogP contribution in [0, 0.1) is 30.2 Å². The molecule has 0 atom stereocenters. The average Bonchev–Trinajstić information content (AvgIpc) is 2.67. The first kappa shape index (κ1) is 22.3. The number of alkyl halides is 2. The van der Waals surface area contributed by atoms with Crippen molar-refractivity contribution in [2.75, 3.05) is 0 Å². The summed E-state index contributed by atoms with van der Waals surface area (Å²) in [5.41, 5.74) is 0.349. The summed E-state index contributed by atoms with van der Waals surface area (Å²) in [5, 5.41) is 0. The van der Waals surface area contributed by atoms with E-state index in [4.69, 9.17) is 0 Å². The van der Waals surface area contributed by atoms with E-state index in [1.54, 1.807) is 19.1 Å². The highest BCUT2D eigenvalue weighted by molar-refractivity contribution is 5.60. The first-order valence-corrected chi connectivity index (χ1v) is 8.62. The minimum Gasteiger partial charge on any atom is -0.429 e. The summed E-state index contributed by atoms with van der Waals surface area (Å²) in [4.78, 5) is 4.07. The van der Waals surface area contributed by atoms with E-state index < -0.39 is 40.7 Å². The Labute approximate surface area is 163 Å². The summed E-state index contributed by atoms with van der Waals surface area (Å²) < 4.78 is 86.1. The van der Waals surface area contributed by atoms with Crippen LogP contribution in [-0.4, -0.2) is 4.98 Å². The molecule has 0 bridgehead atoms. The van der Waals surface area contributed by atoms with Crippen molar-refractivity contribution >= 4 is 0 Å². The van der Waals surface area contributed by atoms with Crippen LogP contribution in [0.3, 0.4) is 0 Å². The number of hydrogen-bond donors (Lipinski definition) is 0. The number of aryl methyl sites for hydroxylation is 1. The minimum absolute atomic E-state index is 0.245. The van der Waals surface area contributed by atoms with Crippen LogP contribution >= 0.6 is 0 Å². The lowest BCUT2D eigenvalue weighted by molar-refractivity contribution is -0.187. The fourth-order valence-electron chi connectivity index (χ4n) is 2.34. The molecule has 0 aliphatic carbocycles. The van der Waals surface area contributed by atoms with Gasteiger partial charge in [0.2, 0.25) is 0 Å². The van der Waals surface area contributed by atoms with Crippen molar-refractivity contribution in [2.24, 2.45) is 0 Å². The van der Waals surface area contributed by atoms with Crippen molar-refractivity contribution < 1.29 is 31.1 Å². The van der Waals surface area contributed by atoms with Gasteiger partial charge in [0.15, 0.2) is 17.5 Å². The second-order valence-corrected chi connectivity index (χ2v) is 5.74. The summed E-state index contributed by atoms with van der Waals surface area (Å²) in [6.45, 7) is 5.81. The fourth-order valence-corrected chi connectivity index (χ4v) is 2.34. The molecule has 0 unspecified atom stereocenters. The Bertz CT molecular complexity index is 966. The summed E-state index contributed by atoms with van der Waals surface area (Å²) in [7, 11) is 0. The lowest BCUT2D eigenvalue weighted by atomic mass is 10.1. The highest BCUT2D eigenvalue weighted by Gasteiger charge is 2.38. The van der Waals surface area contributed by atoms with E-state index >= 15 is 0 Å². The molecule has 8 heteroatoms. The van der Waals surface area contributed by atoms with Crippen molar-refractivity contribution in [2.45, 2.75) is 26.9 Å². The van der Waals surface area contributed by atoms with Gasteiger partial charge in [0.1, 0.15) is 11.6 Å². The maximum atomic E-state index is 14.2. The van der Waals surface area contributed by atoms with Crippen LogP contribution in [0.5, 0.6) is 5.75 Å². The largest absolute Gasteiger partial charge is 0.429 e. The maximum Gasteiger partial charge on any atom is 0.429 e. The molecule has 3 rings (SSSR count). The van der Waals surface area contributed by atoms with Gasteiger partial charge in [-0.1, -0.05) is 26.0 Å². The zero-order valence-electron chi connectivity index (χ0n) is 15.7. The number of benzene rings is 2. The molecule has 29 heavy (non-hydrogen) atoms. The van der Waals surface area contributed by atoms with Gasteiger partial charge in [-0.2, -0.15) is 8.78 Å². The predicted molar refractivity (Wildman–Crippen MR) is 96.6 cm³/mol. The number of hydrogen-bond acceptors (Lipinski definition) is 2. The third-order valence-electron chi connectivity index (χ3n) is 3.69. The van der Waals surface area contributed by atoms with Crippen molar-refractivity contribution in [3.63, 3.8) is 0 Å². The number of nitrogens with zero attached hydrogens (tertiary/aromatic N) is 1.